The first-order valence-corrected chi connectivity index (χ1v) is 12.4. The Bertz CT molecular complexity index is 1530. The Labute approximate surface area is 220 Å². The summed E-state index contributed by atoms with van der Waals surface area (Å²) in [6.07, 6.45) is 1.40. The largest absolute Gasteiger partial charge is 0.467 e. The lowest BCUT2D eigenvalue weighted by Crippen LogP contribution is -2.43. The predicted octanol–water partition coefficient (Wildman–Crippen LogP) is 5.21. The van der Waals surface area contributed by atoms with E-state index in [4.69, 9.17) is 14.6 Å². The number of rotatable bonds is 9. The molecule has 192 valence electrons. The van der Waals surface area contributed by atoms with Crippen LogP contribution in [0.1, 0.15) is 5.56 Å². The van der Waals surface area contributed by atoms with E-state index in [0.29, 0.717) is 6.54 Å². The molecule has 5 rings (SSSR count). The van der Waals surface area contributed by atoms with Gasteiger partial charge < -0.3 is 19.8 Å². The number of carbonyl (C=O) groups excluding carboxylic acids is 2. The van der Waals surface area contributed by atoms with Gasteiger partial charge in [0.2, 0.25) is 0 Å². The first-order valence-electron chi connectivity index (χ1n) is 12.4. The summed E-state index contributed by atoms with van der Waals surface area (Å²) in [5.74, 6) is -0.543. The number of H-pyrrole nitrogens is 1. The summed E-state index contributed by atoms with van der Waals surface area (Å²) in [5, 5.41) is 8.40. The molecule has 1 atom stereocenters. The Kier molecular flexibility index (Phi) is 7.49. The number of alkyl carbamates (subject to hydrolysis) is 1. The van der Waals surface area contributed by atoms with Crippen LogP contribution in [-0.4, -0.2) is 46.6 Å². The molecule has 8 nitrogen and oxygen atoms in total. The van der Waals surface area contributed by atoms with Crippen LogP contribution >= 0.6 is 0 Å². The van der Waals surface area contributed by atoms with Crippen molar-refractivity contribution in [1.82, 2.24) is 20.1 Å². The van der Waals surface area contributed by atoms with Crippen LogP contribution in [0.15, 0.2) is 97.2 Å². The molecule has 2 heterocycles. The Balaban J connectivity index is 1.26. The molecule has 0 aliphatic rings. The van der Waals surface area contributed by atoms with E-state index >= 15 is 0 Å². The van der Waals surface area contributed by atoms with Crippen molar-refractivity contribution in [2.24, 2.45) is 0 Å². The summed E-state index contributed by atoms with van der Waals surface area (Å²) in [7, 11) is 1.30. The van der Waals surface area contributed by atoms with Gasteiger partial charge in [0, 0.05) is 29.1 Å². The van der Waals surface area contributed by atoms with Crippen LogP contribution in [0.25, 0.3) is 33.4 Å². The molecule has 0 aliphatic carbocycles. The number of nitrogens with zero attached hydrogens (tertiary/aromatic N) is 2. The first-order chi connectivity index (χ1) is 18.6. The molecule has 1 unspecified atom stereocenters. The third-order valence-corrected chi connectivity index (χ3v) is 6.33. The van der Waals surface area contributed by atoms with Crippen molar-refractivity contribution in [3.05, 3.63) is 103 Å². The van der Waals surface area contributed by atoms with Crippen molar-refractivity contribution in [3.63, 3.8) is 0 Å². The highest BCUT2D eigenvalue weighted by atomic mass is 16.6. The van der Waals surface area contributed by atoms with Gasteiger partial charge in [-0.15, -0.1) is 0 Å². The highest BCUT2D eigenvalue weighted by molar-refractivity contribution is 5.86. The number of methoxy groups -OCH3 is 1. The number of para-hydroxylation sites is 1. The SMILES string of the molecule is COC(=O)C(Cc1c[nH]c2ccccc12)NC(=O)OCCn1nc(-c2ccccc2)cc1-c1ccccc1. The highest BCUT2D eigenvalue weighted by Crippen LogP contribution is 2.26. The molecule has 1 amide bonds. The smallest absolute Gasteiger partial charge is 0.407 e. The van der Waals surface area contributed by atoms with Gasteiger partial charge in [-0.25, -0.2) is 9.59 Å². The van der Waals surface area contributed by atoms with Gasteiger partial charge in [-0.05, 0) is 23.3 Å². The summed E-state index contributed by atoms with van der Waals surface area (Å²) in [4.78, 5) is 28.3. The van der Waals surface area contributed by atoms with Gasteiger partial charge in [0.25, 0.3) is 0 Å². The Morgan fingerprint density at radius 1 is 0.947 bits per heavy atom. The van der Waals surface area contributed by atoms with Crippen molar-refractivity contribution in [2.45, 2.75) is 19.0 Å². The second-order valence-corrected chi connectivity index (χ2v) is 8.79. The van der Waals surface area contributed by atoms with E-state index in [1.807, 2.05) is 102 Å². The van der Waals surface area contributed by atoms with Gasteiger partial charge >= 0.3 is 12.1 Å². The van der Waals surface area contributed by atoms with Gasteiger partial charge in [-0.2, -0.15) is 5.10 Å². The van der Waals surface area contributed by atoms with E-state index < -0.39 is 18.1 Å². The van der Waals surface area contributed by atoms with Crippen molar-refractivity contribution in [1.29, 1.82) is 0 Å². The Morgan fingerprint density at radius 2 is 1.63 bits per heavy atom. The normalized spacial score (nSPS) is 11.7. The second kappa shape index (κ2) is 11.5. The number of aromatic nitrogens is 3. The van der Waals surface area contributed by atoms with Crippen LogP contribution < -0.4 is 5.32 Å². The fourth-order valence-corrected chi connectivity index (χ4v) is 4.44. The minimum absolute atomic E-state index is 0.0720. The first kappa shape index (κ1) is 24.8. The van der Waals surface area contributed by atoms with Crippen LogP contribution in [0.5, 0.6) is 0 Å². The number of hydrogen-bond donors (Lipinski definition) is 2. The van der Waals surface area contributed by atoms with Crippen LogP contribution in [0.3, 0.4) is 0 Å². The number of fused-ring (bicyclic) bond motifs is 1. The molecule has 0 aliphatic heterocycles. The minimum atomic E-state index is -0.888. The van der Waals surface area contributed by atoms with E-state index in [-0.39, 0.29) is 13.0 Å². The molecule has 5 aromatic rings. The molecule has 0 bridgehead atoms. The summed E-state index contributed by atoms with van der Waals surface area (Å²) in [6, 6.07) is 28.8. The lowest BCUT2D eigenvalue weighted by Gasteiger charge is -2.16. The number of ether oxygens (including phenoxy) is 2. The molecule has 38 heavy (non-hydrogen) atoms. The molecule has 0 fully saturated rings. The van der Waals surface area contributed by atoms with E-state index in [9.17, 15) is 9.59 Å². The van der Waals surface area contributed by atoms with Gasteiger partial charge in [0.15, 0.2) is 0 Å². The second-order valence-electron chi connectivity index (χ2n) is 8.79. The average molecular weight is 509 g/mol. The molecule has 2 N–H and O–H groups in total. The van der Waals surface area contributed by atoms with E-state index in [1.54, 1.807) is 0 Å². The van der Waals surface area contributed by atoms with Crippen molar-refractivity contribution >= 4 is 23.0 Å². The molecule has 0 saturated carbocycles. The highest BCUT2D eigenvalue weighted by Gasteiger charge is 2.24. The molecule has 0 saturated heterocycles. The maximum absolute atomic E-state index is 12.7. The molecule has 0 spiro atoms. The summed E-state index contributed by atoms with van der Waals surface area (Å²) in [5.41, 5.74) is 5.61. The summed E-state index contributed by atoms with van der Waals surface area (Å²) in [6.45, 7) is 0.415. The zero-order valence-corrected chi connectivity index (χ0v) is 21.0. The number of esters is 1. The third-order valence-electron chi connectivity index (χ3n) is 6.33. The van der Waals surface area contributed by atoms with Gasteiger partial charge in [-0.1, -0.05) is 78.9 Å². The van der Waals surface area contributed by atoms with Crippen LogP contribution in [0.4, 0.5) is 4.79 Å². The number of aromatic amines is 1. The Morgan fingerprint density at radius 3 is 2.37 bits per heavy atom. The van der Waals surface area contributed by atoms with Crippen LogP contribution in [0.2, 0.25) is 0 Å². The van der Waals surface area contributed by atoms with Crippen molar-refractivity contribution in [3.8, 4) is 22.5 Å². The fourth-order valence-electron chi connectivity index (χ4n) is 4.44. The maximum atomic E-state index is 12.7. The monoisotopic (exact) mass is 508 g/mol. The fraction of sp³-hybridized carbons (Fsp3) is 0.167. The number of hydrogen-bond acceptors (Lipinski definition) is 5. The zero-order valence-electron chi connectivity index (χ0n) is 21.0. The van der Waals surface area contributed by atoms with Crippen molar-refractivity contribution in [2.75, 3.05) is 13.7 Å². The standard InChI is InChI=1S/C30H28N4O4/c1-37-29(35)27(18-23-20-31-25-15-9-8-14-24(23)25)32-30(36)38-17-16-34-28(22-12-6-3-7-13-22)19-26(33-34)21-10-4-2-5-11-21/h2-15,19-20,27,31H,16-18H2,1H3,(H,32,36). The van der Waals surface area contributed by atoms with Gasteiger partial charge in [0.05, 0.1) is 25.0 Å². The number of benzene rings is 3. The maximum Gasteiger partial charge on any atom is 0.407 e. The number of amides is 1. The summed E-state index contributed by atoms with van der Waals surface area (Å²) >= 11 is 0. The summed E-state index contributed by atoms with van der Waals surface area (Å²) < 4.78 is 12.2. The van der Waals surface area contributed by atoms with E-state index in [2.05, 4.69) is 10.3 Å². The molecular weight excluding hydrogens is 480 g/mol. The molecule has 0 radical (unpaired) electrons. The van der Waals surface area contributed by atoms with E-state index in [0.717, 1.165) is 39.0 Å². The lowest BCUT2D eigenvalue weighted by molar-refractivity contribution is -0.142. The zero-order chi connectivity index (χ0) is 26.3. The van der Waals surface area contributed by atoms with Crippen LogP contribution in [-0.2, 0) is 27.2 Å². The molecule has 2 aromatic heterocycles. The topological polar surface area (TPSA) is 98.2 Å². The quantitative estimate of drug-likeness (QED) is 0.267. The Hall–Kier alpha value is -4.85. The predicted molar refractivity (Wildman–Crippen MR) is 145 cm³/mol. The van der Waals surface area contributed by atoms with Gasteiger partial charge in [0.1, 0.15) is 12.6 Å². The minimum Gasteiger partial charge on any atom is -0.467 e. The van der Waals surface area contributed by atoms with Crippen molar-refractivity contribution < 1.29 is 19.1 Å². The number of carbonyl (C=O) groups is 2. The van der Waals surface area contributed by atoms with Gasteiger partial charge in [-0.3, -0.25) is 4.68 Å². The third kappa shape index (κ3) is 5.59. The number of nitrogens with one attached hydrogen (secondary N) is 2. The average Bonchev–Trinajstić information content (AvgIpc) is 3.58. The molecule has 8 heteroatoms. The lowest BCUT2D eigenvalue weighted by atomic mass is 10.1. The van der Waals surface area contributed by atoms with E-state index in [1.165, 1.54) is 7.11 Å². The molecular formula is C30H28N4O4. The molecule has 3 aromatic carbocycles. The van der Waals surface area contributed by atoms with Crippen LogP contribution in [0, 0.1) is 0 Å².